The van der Waals surface area contributed by atoms with Crippen molar-refractivity contribution in [3.05, 3.63) is 105 Å². The van der Waals surface area contributed by atoms with E-state index in [2.05, 4.69) is 11.1 Å². The second-order valence-electron chi connectivity index (χ2n) is 7.28. The molecule has 0 radical (unpaired) electrons. The lowest BCUT2D eigenvalue weighted by Crippen LogP contribution is -2.23. The number of non-ortho nitro benzene ring substituents is 1. The summed E-state index contributed by atoms with van der Waals surface area (Å²) in [5.41, 5.74) is 3.54. The number of aryl methyl sites for hydroxylation is 1. The summed E-state index contributed by atoms with van der Waals surface area (Å²) in [7, 11) is 0. The number of hydrogen-bond donors (Lipinski definition) is 0. The normalized spacial score (nSPS) is 11.0. The monoisotopic (exact) mass is 421 g/mol. The minimum atomic E-state index is -0.493. The number of hydrogen-bond acceptors (Lipinski definition) is 5. The third kappa shape index (κ3) is 2.69. The highest BCUT2D eigenvalue weighted by Gasteiger charge is 2.23. The van der Waals surface area contributed by atoms with Gasteiger partial charge in [0.05, 0.1) is 21.5 Å². The lowest BCUT2D eigenvalue weighted by molar-refractivity contribution is -0.384. The van der Waals surface area contributed by atoms with E-state index in [0.717, 1.165) is 16.6 Å². The first-order valence-electron chi connectivity index (χ1n) is 9.77. The molecule has 2 aromatic carbocycles. The Bertz CT molecular complexity index is 1630. The van der Waals surface area contributed by atoms with E-state index in [4.69, 9.17) is 0 Å². The fraction of sp³-hybridized carbons (Fsp3) is 0.0417. The van der Waals surface area contributed by atoms with Crippen LogP contribution < -0.4 is 5.56 Å². The second-order valence-corrected chi connectivity index (χ2v) is 7.28. The standard InChI is InChI=1S/C24H15N5O3/c1-15-20(14-25)24(30)28(16-6-8-18(9-7-16)29(31)32)23-19-4-2-3-5-21(19)27(22(15)23)17-10-12-26-13-11-17/h2-13H,1H3. The van der Waals surface area contributed by atoms with Gasteiger partial charge in [-0.2, -0.15) is 5.26 Å². The Morgan fingerprint density at radius 3 is 2.25 bits per heavy atom. The van der Waals surface area contributed by atoms with Crippen LogP contribution in [0.15, 0.2) is 77.9 Å². The molecule has 32 heavy (non-hydrogen) atoms. The van der Waals surface area contributed by atoms with Crippen LogP contribution in [0.5, 0.6) is 0 Å². The van der Waals surface area contributed by atoms with Gasteiger partial charge in [0.15, 0.2) is 0 Å². The summed E-state index contributed by atoms with van der Waals surface area (Å²) in [6.07, 6.45) is 3.37. The first kappa shape index (κ1) is 19.2. The number of nitriles is 1. The van der Waals surface area contributed by atoms with Gasteiger partial charge in [0.1, 0.15) is 11.6 Å². The molecule has 0 aliphatic rings. The van der Waals surface area contributed by atoms with Crippen LogP contribution in [0.3, 0.4) is 0 Å². The third-order valence-corrected chi connectivity index (χ3v) is 5.57. The van der Waals surface area contributed by atoms with Crippen molar-refractivity contribution in [1.82, 2.24) is 14.1 Å². The van der Waals surface area contributed by atoms with Crippen molar-refractivity contribution in [2.75, 3.05) is 0 Å². The molecule has 0 aliphatic carbocycles. The molecule has 0 amide bonds. The molecule has 3 aromatic heterocycles. The number of fused-ring (bicyclic) bond motifs is 3. The van der Waals surface area contributed by atoms with Gasteiger partial charge in [-0.1, -0.05) is 18.2 Å². The molecule has 5 aromatic rings. The summed E-state index contributed by atoms with van der Waals surface area (Å²) in [6, 6.07) is 19.2. The van der Waals surface area contributed by atoms with Gasteiger partial charge in [0.2, 0.25) is 0 Å². The molecule has 0 bridgehead atoms. The number of aromatic nitrogens is 3. The zero-order valence-electron chi connectivity index (χ0n) is 16.9. The van der Waals surface area contributed by atoms with E-state index < -0.39 is 10.5 Å². The van der Waals surface area contributed by atoms with E-state index in [0.29, 0.717) is 22.3 Å². The molecule has 0 spiro atoms. The molecule has 3 heterocycles. The highest BCUT2D eigenvalue weighted by atomic mass is 16.6. The Hall–Kier alpha value is -4.77. The fourth-order valence-electron chi connectivity index (χ4n) is 4.15. The fourth-order valence-corrected chi connectivity index (χ4v) is 4.15. The van der Waals surface area contributed by atoms with Crippen LogP contribution >= 0.6 is 0 Å². The lowest BCUT2D eigenvalue weighted by Gasteiger charge is -2.14. The number of para-hydroxylation sites is 1. The van der Waals surface area contributed by atoms with Crippen molar-refractivity contribution in [1.29, 1.82) is 5.26 Å². The Kier molecular flexibility index (Phi) is 4.31. The zero-order valence-corrected chi connectivity index (χ0v) is 16.9. The van der Waals surface area contributed by atoms with E-state index in [9.17, 15) is 20.2 Å². The number of rotatable bonds is 3. The van der Waals surface area contributed by atoms with Crippen molar-refractivity contribution >= 4 is 27.6 Å². The summed E-state index contributed by atoms with van der Waals surface area (Å²) in [6.45, 7) is 1.76. The first-order chi connectivity index (χ1) is 15.5. The molecule has 0 aliphatic heterocycles. The minimum absolute atomic E-state index is 0.0222. The van der Waals surface area contributed by atoms with Gasteiger partial charge in [-0.05, 0) is 42.8 Å². The Morgan fingerprint density at radius 1 is 0.938 bits per heavy atom. The highest BCUT2D eigenvalue weighted by molar-refractivity contribution is 6.09. The van der Waals surface area contributed by atoms with Gasteiger partial charge in [0.25, 0.3) is 11.2 Å². The molecule has 154 valence electrons. The predicted octanol–water partition coefficient (Wildman–Crippen LogP) is 4.42. The van der Waals surface area contributed by atoms with Gasteiger partial charge in [-0.25, -0.2) is 0 Å². The van der Waals surface area contributed by atoms with E-state index in [1.54, 1.807) is 19.3 Å². The Balaban J connectivity index is 2.02. The highest BCUT2D eigenvalue weighted by Crippen LogP contribution is 2.35. The van der Waals surface area contributed by atoms with Crippen molar-refractivity contribution in [3.8, 4) is 17.4 Å². The quantitative estimate of drug-likeness (QED) is 0.317. The number of benzene rings is 2. The van der Waals surface area contributed by atoms with Crippen LogP contribution in [0.25, 0.3) is 33.3 Å². The molecule has 0 unspecified atom stereocenters. The number of nitrogens with zero attached hydrogens (tertiary/aromatic N) is 5. The molecule has 8 nitrogen and oxygen atoms in total. The largest absolute Gasteiger partial charge is 0.307 e. The maximum absolute atomic E-state index is 13.4. The number of nitro benzene ring substituents is 1. The smallest absolute Gasteiger partial charge is 0.273 e. The van der Waals surface area contributed by atoms with Crippen molar-refractivity contribution in [2.45, 2.75) is 6.92 Å². The minimum Gasteiger partial charge on any atom is -0.307 e. The van der Waals surface area contributed by atoms with Gasteiger partial charge in [-0.3, -0.25) is 24.5 Å². The molecule has 0 atom stereocenters. The molecular formula is C24H15N5O3. The second kappa shape index (κ2) is 7.18. The SMILES string of the molecule is Cc1c(C#N)c(=O)n(-c2ccc([N+](=O)[O-])cc2)c2c3ccccc3n(-c3ccncc3)c12. The van der Waals surface area contributed by atoms with Crippen LogP contribution in [0, 0.1) is 28.4 Å². The van der Waals surface area contributed by atoms with E-state index in [1.165, 1.54) is 28.8 Å². The van der Waals surface area contributed by atoms with Crippen molar-refractivity contribution < 1.29 is 4.92 Å². The van der Waals surface area contributed by atoms with Crippen molar-refractivity contribution in [3.63, 3.8) is 0 Å². The molecule has 0 saturated carbocycles. The summed E-state index contributed by atoms with van der Waals surface area (Å²) >= 11 is 0. The number of pyridine rings is 2. The summed E-state index contributed by atoms with van der Waals surface area (Å²) in [5.74, 6) is 0. The Morgan fingerprint density at radius 2 is 1.59 bits per heavy atom. The van der Waals surface area contributed by atoms with Gasteiger partial charge < -0.3 is 4.57 Å². The molecular weight excluding hydrogens is 406 g/mol. The molecule has 0 fully saturated rings. The maximum Gasteiger partial charge on any atom is 0.273 e. The first-order valence-corrected chi connectivity index (χ1v) is 9.77. The summed E-state index contributed by atoms with van der Waals surface area (Å²) in [4.78, 5) is 28.1. The average molecular weight is 421 g/mol. The van der Waals surface area contributed by atoms with E-state index in [-0.39, 0.29) is 11.3 Å². The van der Waals surface area contributed by atoms with Gasteiger partial charge in [-0.15, -0.1) is 0 Å². The molecule has 0 saturated heterocycles. The van der Waals surface area contributed by atoms with Crippen LogP contribution in [-0.2, 0) is 0 Å². The average Bonchev–Trinajstić information content (AvgIpc) is 3.16. The van der Waals surface area contributed by atoms with Gasteiger partial charge >= 0.3 is 0 Å². The van der Waals surface area contributed by atoms with Crippen LogP contribution in [0.2, 0.25) is 0 Å². The van der Waals surface area contributed by atoms with Crippen molar-refractivity contribution in [2.24, 2.45) is 0 Å². The van der Waals surface area contributed by atoms with Crippen LogP contribution in [-0.4, -0.2) is 19.0 Å². The molecule has 0 N–H and O–H groups in total. The lowest BCUT2D eigenvalue weighted by atomic mass is 10.1. The zero-order chi connectivity index (χ0) is 22.4. The molecule has 8 heteroatoms. The number of nitro groups is 1. The predicted molar refractivity (Wildman–Crippen MR) is 120 cm³/mol. The topological polar surface area (TPSA) is 107 Å². The Labute approximate surface area is 181 Å². The van der Waals surface area contributed by atoms with Crippen LogP contribution in [0.1, 0.15) is 11.1 Å². The summed E-state index contributed by atoms with van der Waals surface area (Å²) < 4.78 is 3.47. The summed E-state index contributed by atoms with van der Waals surface area (Å²) in [5, 5.41) is 21.7. The molecule has 5 rings (SSSR count). The third-order valence-electron chi connectivity index (χ3n) is 5.57. The van der Waals surface area contributed by atoms with Gasteiger partial charge in [0, 0.05) is 41.3 Å². The maximum atomic E-state index is 13.4. The van der Waals surface area contributed by atoms with Crippen LogP contribution in [0.4, 0.5) is 5.69 Å². The van der Waals surface area contributed by atoms with E-state index >= 15 is 0 Å². The van der Waals surface area contributed by atoms with E-state index in [1.807, 2.05) is 41.0 Å².